The SMILES string of the molecule is CCC1(CC)CN(c2ccccc2)c2cc(Br)c(O/C=C(\F)C(=O)OC)cc2S(=O)C1. The van der Waals surface area contributed by atoms with E-state index in [0.29, 0.717) is 21.4 Å². The van der Waals surface area contributed by atoms with E-state index in [9.17, 15) is 13.4 Å². The molecule has 2 aromatic rings. The molecular formula is C23H25BrFNO4S. The Morgan fingerprint density at radius 1 is 1.26 bits per heavy atom. The highest BCUT2D eigenvalue weighted by atomic mass is 79.9. The largest absolute Gasteiger partial charge is 0.464 e. The number of fused-ring (bicyclic) bond motifs is 1. The zero-order chi connectivity index (χ0) is 22.6. The van der Waals surface area contributed by atoms with Crippen molar-refractivity contribution >= 4 is 44.1 Å². The fourth-order valence-corrected chi connectivity index (χ4v) is 5.88. The van der Waals surface area contributed by atoms with E-state index in [1.54, 1.807) is 6.07 Å². The molecule has 166 valence electrons. The summed E-state index contributed by atoms with van der Waals surface area (Å²) in [6, 6.07) is 13.4. The second kappa shape index (κ2) is 9.96. The van der Waals surface area contributed by atoms with E-state index >= 15 is 0 Å². The molecule has 0 amide bonds. The number of benzene rings is 2. The van der Waals surface area contributed by atoms with Crippen molar-refractivity contribution in [3.05, 3.63) is 59.0 Å². The molecule has 1 unspecified atom stereocenters. The summed E-state index contributed by atoms with van der Waals surface area (Å²) in [6.45, 7) is 4.99. The lowest BCUT2D eigenvalue weighted by Gasteiger charge is -2.35. The van der Waals surface area contributed by atoms with Crippen molar-refractivity contribution in [1.29, 1.82) is 0 Å². The molecule has 0 spiro atoms. The zero-order valence-corrected chi connectivity index (χ0v) is 20.1. The number of rotatable bonds is 6. The second-order valence-electron chi connectivity index (χ2n) is 7.44. The van der Waals surface area contributed by atoms with Crippen LogP contribution >= 0.6 is 15.9 Å². The minimum absolute atomic E-state index is 0.121. The fourth-order valence-electron chi connectivity index (χ4n) is 3.61. The number of nitrogens with zero attached hydrogens (tertiary/aromatic N) is 1. The van der Waals surface area contributed by atoms with Gasteiger partial charge in [0.15, 0.2) is 0 Å². The van der Waals surface area contributed by atoms with Crippen LogP contribution in [0, 0.1) is 5.41 Å². The lowest BCUT2D eigenvalue weighted by Crippen LogP contribution is -2.36. The maximum absolute atomic E-state index is 13.7. The Hall–Kier alpha value is -2.19. The van der Waals surface area contributed by atoms with Gasteiger partial charge in [-0.15, -0.1) is 0 Å². The van der Waals surface area contributed by atoms with Gasteiger partial charge in [0.05, 0.1) is 33.0 Å². The van der Waals surface area contributed by atoms with Gasteiger partial charge in [0.2, 0.25) is 5.83 Å². The Bertz CT molecular complexity index is 1010. The van der Waals surface area contributed by atoms with Crippen molar-refractivity contribution in [2.75, 3.05) is 24.3 Å². The van der Waals surface area contributed by atoms with Crippen LogP contribution in [0.15, 0.2) is 63.9 Å². The number of para-hydroxylation sites is 1. The summed E-state index contributed by atoms with van der Waals surface area (Å²) < 4.78 is 37.4. The van der Waals surface area contributed by atoms with Gasteiger partial charge in [-0.2, -0.15) is 4.39 Å². The molecule has 1 aliphatic heterocycles. The van der Waals surface area contributed by atoms with Crippen molar-refractivity contribution in [3.63, 3.8) is 0 Å². The highest BCUT2D eigenvalue weighted by Gasteiger charge is 2.37. The van der Waals surface area contributed by atoms with Gasteiger partial charge in [-0.1, -0.05) is 32.0 Å². The number of halogens is 2. The van der Waals surface area contributed by atoms with Crippen LogP contribution in [-0.2, 0) is 20.3 Å². The quantitative estimate of drug-likeness (QED) is 0.276. The third kappa shape index (κ3) is 5.01. The Labute approximate surface area is 192 Å². The van der Waals surface area contributed by atoms with E-state index in [2.05, 4.69) is 39.4 Å². The van der Waals surface area contributed by atoms with Gasteiger partial charge >= 0.3 is 5.97 Å². The van der Waals surface area contributed by atoms with Gasteiger partial charge in [-0.3, -0.25) is 4.21 Å². The summed E-state index contributed by atoms with van der Waals surface area (Å²) in [7, 11) is -0.202. The predicted molar refractivity (Wildman–Crippen MR) is 124 cm³/mol. The number of esters is 1. The first-order valence-electron chi connectivity index (χ1n) is 9.99. The van der Waals surface area contributed by atoms with Gasteiger partial charge < -0.3 is 14.4 Å². The molecule has 0 saturated carbocycles. The number of carbonyl (C=O) groups is 1. The fraction of sp³-hybridized carbons (Fsp3) is 0.348. The molecular weight excluding hydrogens is 485 g/mol. The van der Waals surface area contributed by atoms with E-state index < -0.39 is 22.6 Å². The van der Waals surface area contributed by atoms with Crippen LogP contribution in [0.2, 0.25) is 0 Å². The van der Waals surface area contributed by atoms with E-state index in [1.165, 1.54) is 0 Å². The van der Waals surface area contributed by atoms with Crippen LogP contribution in [-0.4, -0.2) is 29.6 Å². The van der Waals surface area contributed by atoms with Crippen LogP contribution in [0.1, 0.15) is 26.7 Å². The first-order chi connectivity index (χ1) is 14.8. The number of carbonyl (C=O) groups excluding carboxylic acids is 1. The van der Waals surface area contributed by atoms with E-state index in [1.807, 2.05) is 36.4 Å². The Morgan fingerprint density at radius 3 is 2.55 bits per heavy atom. The summed E-state index contributed by atoms with van der Waals surface area (Å²) in [5.41, 5.74) is 1.69. The highest BCUT2D eigenvalue weighted by Crippen LogP contribution is 2.45. The smallest absolute Gasteiger partial charge is 0.370 e. The summed E-state index contributed by atoms with van der Waals surface area (Å²) in [5, 5.41) is 0. The molecule has 5 nitrogen and oxygen atoms in total. The standard InChI is InChI=1S/C23H25BrFNO4S/c1-4-23(5-2)14-26(16-9-7-6-8-10-16)19-11-17(24)20(12-21(19)31(28)15-23)30-13-18(25)22(27)29-3/h6-13H,4-5,14-15H2,1-3H3/b18-13-. The Balaban J connectivity index is 2.10. The summed E-state index contributed by atoms with van der Waals surface area (Å²) in [6.07, 6.45) is 2.48. The van der Waals surface area contributed by atoms with Gasteiger partial charge in [-0.25, -0.2) is 4.79 Å². The molecule has 1 atom stereocenters. The Morgan fingerprint density at radius 2 is 1.94 bits per heavy atom. The van der Waals surface area contributed by atoms with Crippen LogP contribution < -0.4 is 9.64 Å². The van der Waals surface area contributed by atoms with Gasteiger partial charge in [0.25, 0.3) is 0 Å². The lowest BCUT2D eigenvalue weighted by molar-refractivity contribution is -0.137. The molecule has 2 aromatic carbocycles. The third-order valence-corrected chi connectivity index (χ3v) is 8.03. The summed E-state index contributed by atoms with van der Waals surface area (Å²) >= 11 is 3.47. The first kappa shape index (κ1) is 23.5. The van der Waals surface area contributed by atoms with Gasteiger partial charge in [-0.05, 0) is 52.4 Å². The number of ether oxygens (including phenoxy) is 2. The highest BCUT2D eigenvalue weighted by molar-refractivity contribution is 9.10. The third-order valence-electron chi connectivity index (χ3n) is 5.72. The molecule has 3 rings (SSSR count). The summed E-state index contributed by atoms with van der Waals surface area (Å²) in [4.78, 5) is 14.1. The van der Waals surface area contributed by atoms with E-state index in [-0.39, 0.29) is 11.2 Å². The molecule has 1 aliphatic rings. The minimum Gasteiger partial charge on any atom is -0.464 e. The molecule has 0 N–H and O–H groups in total. The molecule has 0 aromatic heterocycles. The first-order valence-corrected chi connectivity index (χ1v) is 12.1. The van der Waals surface area contributed by atoms with Crippen LogP contribution in [0.3, 0.4) is 0 Å². The van der Waals surface area contributed by atoms with Gasteiger partial charge in [0.1, 0.15) is 12.0 Å². The van der Waals surface area contributed by atoms with Crippen LogP contribution in [0.4, 0.5) is 15.8 Å². The summed E-state index contributed by atoms with van der Waals surface area (Å²) in [5.74, 6) is -1.50. The molecule has 0 aliphatic carbocycles. The molecule has 0 bridgehead atoms. The molecule has 0 fully saturated rings. The van der Waals surface area contributed by atoms with Gasteiger partial charge in [0, 0.05) is 24.1 Å². The number of methoxy groups -OCH3 is 1. The average molecular weight is 510 g/mol. The number of anilines is 2. The van der Waals surface area contributed by atoms with E-state index in [0.717, 1.165) is 37.9 Å². The second-order valence-corrected chi connectivity index (χ2v) is 9.72. The molecule has 31 heavy (non-hydrogen) atoms. The van der Waals surface area contributed by atoms with Crippen LogP contribution in [0.5, 0.6) is 5.75 Å². The molecule has 1 heterocycles. The Kier molecular flexibility index (Phi) is 7.54. The maximum Gasteiger partial charge on any atom is 0.370 e. The molecule has 0 saturated heterocycles. The average Bonchev–Trinajstić information content (AvgIpc) is 2.91. The van der Waals surface area contributed by atoms with Crippen molar-refractivity contribution in [2.45, 2.75) is 31.6 Å². The van der Waals surface area contributed by atoms with Crippen molar-refractivity contribution in [1.82, 2.24) is 0 Å². The monoisotopic (exact) mass is 509 g/mol. The van der Waals surface area contributed by atoms with Crippen molar-refractivity contribution in [3.8, 4) is 5.75 Å². The van der Waals surface area contributed by atoms with Crippen molar-refractivity contribution in [2.24, 2.45) is 5.41 Å². The molecule has 8 heteroatoms. The topological polar surface area (TPSA) is 55.8 Å². The van der Waals surface area contributed by atoms with E-state index in [4.69, 9.17) is 4.74 Å². The minimum atomic E-state index is -1.29. The maximum atomic E-state index is 13.7. The number of hydrogen-bond acceptors (Lipinski definition) is 5. The van der Waals surface area contributed by atoms with Crippen LogP contribution in [0.25, 0.3) is 0 Å². The van der Waals surface area contributed by atoms with Crippen molar-refractivity contribution < 1.29 is 22.9 Å². The number of hydrogen-bond donors (Lipinski definition) is 0. The zero-order valence-electron chi connectivity index (χ0n) is 17.7. The lowest BCUT2D eigenvalue weighted by atomic mass is 9.83. The predicted octanol–water partition coefficient (Wildman–Crippen LogP) is 5.88. The molecule has 0 radical (unpaired) electrons. The normalized spacial score (nSPS) is 18.2.